The minimum Gasteiger partial charge on any atom is -0.462 e. The second-order valence-corrected chi connectivity index (χ2v) is 10.6. The number of alkyl halides is 3. The zero-order valence-corrected chi connectivity index (χ0v) is 23.0. The number of benzene rings is 2. The zero-order valence-electron chi connectivity index (χ0n) is 20.6. The Labute approximate surface area is 234 Å². The van der Waals surface area contributed by atoms with Crippen LogP contribution < -0.4 is 10.9 Å². The molecular formula is C26H21ClF3N3O4S2. The van der Waals surface area contributed by atoms with Crippen LogP contribution in [0.15, 0.2) is 58.5 Å². The predicted molar refractivity (Wildman–Crippen MR) is 146 cm³/mol. The number of nitrogens with zero attached hydrogens (tertiary/aromatic N) is 2. The first-order valence-corrected chi connectivity index (χ1v) is 13.7. The molecule has 4 aromatic rings. The number of carbonyl (C=O) groups excluding carboxylic acids is 2. The monoisotopic (exact) mass is 595 g/mol. The van der Waals surface area contributed by atoms with E-state index in [1.165, 1.54) is 16.7 Å². The molecule has 2 aromatic carbocycles. The van der Waals surface area contributed by atoms with E-state index < -0.39 is 29.2 Å². The highest BCUT2D eigenvalue weighted by Gasteiger charge is 2.30. The largest absolute Gasteiger partial charge is 0.462 e. The van der Waals surface area contributed by atoms with Gasteiger partial charge < -0.3 is 10.1 Å². The van der Waals surface area contributed by atoms with Gasteiger partial charge in [0, 0.05) is 10.7 Å². The topological polar surface area (TPSA) is 90.3 Å². The van der Waals surface area contributed by atoms with E-state index in [2.05, 4.69) is 10.3 Å². The number of rotatable bonds is 8. The number of hydrogen-bond acceptors (Lipinski definition) is 7. The molecular weight excluding hydrogens is 575 g/mol. The summed E-state index contributed by atoms with van der Waals surface area (Å²) in [5, 5.41) is 3.31. The van der Waals surface area contributed by atoms with Crippen molar-refractivity contribution < 1.29 is 27.5 Å². The molecule has 39 heavy (non-hydrogen) atoms. The highest BCUT2D eigenvalue weighted by Crippen LogP contribution is 2.32. The van der Waals surface area contributed by atoms with Crippen molar-refractivity contribution in [2.45, 2.75) is 31.7 Å². The number of anilines is 1. The lowest BCUT2D eigenvalue weighted by molar-refractivity contribution is -0.137. The molecule has 204 valence electrons. The number of fused-ring (bicyclic) bond motifs is 1. The average molecular weight is 596 g/mol. The maximum atomic E-state index is 13.7. The molecule has 1 amide bonds. The smallest absolute Gasteiger partial charge is 0.416 e. The van der Waals surface area contributed by atoms with Crippen molar-refractivity contribution >= 4 is 62.5 Å². The van der Waals surface area contributed by atoms with E-state index in [9.17, 15) is 27.6 Å². The molecule has 4 rings (SSSR count). The summed E-state index contributed by atoms with van der Waals surface area (Å²) in [6, 6.07) is 11.2. The highest BCUT2D eigenvalue weighted by atomic mass is 35.5. The molecule has 1 N–H and O–H groups in total. The van der Waals surface area contributed by atoms with Gasteiger partial charge in [0.1, 0.15) is 9.71 Å². The Bertz CT molecular complexity index is 1620. The van der Waals surface area contributed by atoms with E-state index in [-0.39, 0.29) is 40.0 Å². The van der Waals surface area contributed by atoms with Gasteiger partial charge >= 0.3 is 12.1 Å². The van der Waals surface area contributed by atoms with Crippen LogP contribution in [0.2, 0.25) is 5.02 Å². The number of halogens is 4. The predicted octanol–water partition coefficient (Wildman–Crippen LogP) is 6.39. The quantitative estimate of drug-likeness (QED) is 0.144. The van der Waals surface area contributed by atoms with Gasteiger partial charge in [-0.25, -0.2) is 9.78 Å². The first-order valence-electron chi connectivity index (χ1n) is 11.5. The first kappa shape index (κ1) is 28.7. The molecule has 7 nitrogen and oxygen atoms in total. The highest BCUT2D eigenvalue weighted by molar-refractivity contribution is 7.99. The van der Waals surface area contributed by atoms with E-state index in [4.69, 9.17) is 16.3 Å². The molecule has 0 bridgehead atoms. The van der Waals surface area contributed by atoms with Crippen LogP contribution in [-0.4, -0.2) is 33.8 Å². The van der Waals surface area contributed by atoms with Crippen LogP contribution in [0, 0.1) is 6.92 Å². The van der Waals surface area contributed by atoms with Gasteiger partial charge in [0.15, 0.2) is 5.16 Å². The molecule has 0 saturated carbocycles. The van der Waals surface area contributed by atoms with Gasteiger partial charge in [-0.2, -0.15) is 13.2 Å². The molecule has 0 saturated heterocycles. The van der Waals surface area contributed by atoms with Crippen LogP contribution in [0.25, 0.3) is 10.2 Å². The molecule has 0 aliphatic heterocycles. The fraction of sp³-hybridized carbons (Fsp3) is 0.231. The summed E-state index contributed by atoms with van der Waals surface area (Å²) in [6.45, 7) is 3.53. The first-order chi connectivity index (χ1) is 18.5. The summed E-state index contributed by atoms with van der Waals surface area (Å²) in [4.78, 5) is 43.9. The van der Waals surface area contributed by atoms with Gasteiger partial charge in [0.25, 0.3) is 5.56 Å². The second kappa shape index (κ2) is 11.8. The van der Waals surface area contributed by atoms with Crippen LogP contribution in [0.1, 0.15) is 33.3 Å². The summed E-state index contributed by atoms with van der Waals surface area (Å²) >= 11 is 8.28. The number of thiophene rings is 1. The summed E-state index contributed by atoms with van der Waals surface area (Å²) in [5.74, 6) is -1.40. The van der Waals surface area contributed by atoms with Crippen molar-refractivity contribution in [3.63, 3.8) is 0 Å². The lowest BCUT2D eigenvalue weighted by Gasteiger charge is -2.13. The summed E-state index contributed by atoms with van der Waals surface area (Å²) in [6.07, 6.45) is -4.55. The number of hydrogen-bond donors (Lipinski definition) is 1. The molecule has 0 aliphatic rings. The van der Waals surface area contributed by atoms with Crippen molar-refractivity contribution in [1.82, 2.24) is 9.55 Å². The lowest BCUT2D eigenvalue weighted by Crippen LogP contribution is -2.25. The van der Waals surface area contributed by atoms with Crippen LogP contribution in [0.4, 0.5) is 18.9 Å². The third-order valence-electron chi connectivity index (χ3n) is 5.57. The fourth-order valence-electron chi connectivity index (χ4n) is 3.74. The van der Waals surface area contributed by atoms with Crippen molar-refractivity contribution in [1.29, 1.82) is 0 Å². The van der Waals surface area contributed by atoms with Gasteiger partial charge in [-0.05, 0) is 49.2 Å². The Morgan fingerprint density at radius 2 is 1.92 bits per heavy atom. The van der Waals surface area contributed by atoms with Crippen molar-refractivity contribution in [3.8, 4) is 0 Å². The normalized spacial score (nSPS) is 11.5. The second-order valence-electron chi connectivity index (χ2n) is 8.25. The number of aromatic nitrogens is 2. The van der Waals surface area contributed by atoms with E-state index in [0.29, 0.717) is 21.0 Å². The van der Waals surface area contributed by atoms with Gasteiger partial charge in [-0.1, -0.05) is 47.6 Å². The third-order valence-corrected chi connectivity index (χ3v) is 8.08. The van der Waals surface area contributed by atoms with Gasteiger partial charge in [0.2, 0.25) is 5.91 Å². The standard InChI is InChI=1S/C26H21ClF3N3O4S2/c1-3-37-24(36)21-14(2)20-22(39-21)32-25(33(23(20)35)12-15-7-4-5-10-18(15)27)38-13-19(34)31-17-9-6-8-16(11-17)26(28,29)30/h4-11H,3,12-13H2,1-2H3,(H,31,34). The number of ether oxygens (including phenoxy) is 1. The SMILES string of the molecule is CCOC(=O)c1sc2nc(SCC(=O)Nc3cccc(C(F)(F)F)c3)n(Cc3ccccc3Cl)c(=O)c2c1C. The van der Waals surface area contributed by atoms with E-state index in [0.717, 1.165) is 35.2 Å². The molecule has 2 aromatic heterocycles. The number of thioether (sulfide) groups is 1. The van der Waals surface area contributed by atoms with Gasteiger partial charge in [0.05, 0.1) is 29.9 Å². The molecule has 0 aliphatic carbocycles. The van der Waals surface area contributed by atoms with Gasteiger partial charge in [-0.3, -0.25) is 14.2 Å². The van der Waals surface area contributed by atoms with Gasteiger partial charge in [-0.15, -0.1) is 11.3 Å². The minimum atomic E-state index is -4.55. The van der Waals surface area contributed by atoms with Crippen LogP contribution in [-0.2, 0) is 22.3 Å². The summed E-state index contributed by atoms with van der Waals surface area (Å²) < 4.78 is 45.5. The number of esters is 1. The van der Waals surface area contributed by atoms with Crippen molar-refractivity contribution in [3.05, 3.63) is 85.5 Å². The molecule has 0 atom stereocenters. The van der Waals surface area contributed by atoms with Crippen LogP contribution in [0.3, 0.4) is 0 Å². The van der Waals surface area contributed by atoms with Crippen molar-refractivity contribution in [2.75, 3.05) is 17.7 Å². The van der Waals surface area contributed by atoms with Crippen LogP contribution >= 0.6 is 34.7 Å². The molecule has 0 spiro atoms. The Morgan fingerprint density at radius 1 is 1.18 bits per heavy atom. The molecule has 13 heteroatoms. The molecule has 0 radical (unpaired) electrons. The fourth-order valence-corrected chi connectivity index (χ4v) is 5.85. The Kier molecular flexibility index (Phi) is 8.67. The third kappa shape index (κ3) is 6.45. The maximum Gasteiger partial charge on any atom is 0.416 e. The number of nitrogens with one attached hydrogen (secondary N) is 1. The van der Waals surface area contributed by atoms with Crippen LogP contribution in [0.5, 0.6) is 0 Å². The average Bonchev–Trinajstić information content (AvgIpc) is 3.22. The Balaban J connectivity index is 1.68. The molecule has 2 heterocycles. The van der Waals surface area contributed by atoms with E-state index in [1.54, 1.807) is 38.1 Å². The lowest BCUT2D eigenvalue weighted by atomic mass is 10.2. The Hall–Kier alpha value is -3.35. The molecule has 0 unspecified atom stereocenters. The zero-order chi connectivity index (χ0) is 28.3. The summed E-state index contributed by atoms with van der Waals surface area (Å²) in [5.41, 5.74) is -0.252. The number of amides is 1. The maximum absolute atomic E-state index is 13.7. The van der Waals surface area contributed by atoms with Crippen molar-refractivity contribution in [2.24, 2.45) is 0 Å². The number of carbonyl (C=O) groups is 2. The minimum absolute atomic E-state index is 0.0137. The number of aryl methyl sites for hydroxylation is 1. The Morgan fingerprint density at radius 3 is 2.62 bits per heavy atom. The summed E-state index contributed by atoms with van der Waals surface area (Å²) in [7, 11) is 0. The van der Waals surface area contributed by atoms with E-state index >= 15 is 0 Å². The van der Waals surface area contributed by atoms with E-state index in [1.807, 2.05) is 0 Å². The molecule has 0 fully saturated rings.